The first-order valence-corrected chi connectivity index (χ1v) is 4.15. The van der Waals surface area contributed by atoms with Gasteiger partial charge in [0.25, 0.3) is 0 Å². The summed E-state index contributed by atoms with van der Waals surface area (Å²) in [5.74, 6) is -0.475. The Morgan fingerprint density at radius 1 is 1.38 bits per heavy atom. The zero-order chi connectivity index (χ0) is 10.4. The molecule has 2 nitrogen and oxygen atoms in total. The summed E-state index contributed by atoms with van der Waals surface area (Å²) in [6, 6.07) is 0. The highest BCUT2D eigenvalue weighted by molar-refractivity contribution is 6.34. The van der Waals surface area contributed by atoms with Crippen molar-refractivity contribution >= 4 is 17.6 Å². The molecule has 0 saturated carbocycles. The van der Waals surface area contributed by atoms with E-state index < -0.39 is 5.97 Å². The van der Waals surface area contributed by atoms with E-state index in [1.165, 1.54) is 7.11 Å². The van der Waals surface area contributed by atoms with Crippen LogP contribution in [0.25, 0.3) is 0 Å². The van der Waals surface area contributed by atoms with Gasteiger partial charge in [-0.1, -0.05) is 29.8 Å². The van der Waals surface area contributed by atoms with Gasteiger partial charge in [-0.2, -0.15) is 0 Å². The van der Waals surface area contributed by atoms with Crippen LogP contribution in [0.15, 0.2) is 34.9 Å². The highest BCUT2D eigenvalue weighted by Gasteiger charge is 2.09. The number of hydrogen-bond acceptors (Lipinski definition) is 2. The van der Waals surface area contributed by atoms with Gasteiger partial charge in [-0.25, -0.2) is 4.79 Å². The normalized spacial score (nSPS) is 10.6. The quantitative estimate of drug-likeness (QED) is 0.398. The molecule has 0 amide bonds. The lowest BCUT2D eigenvalue weighted by Gasteiger charge is -2.00. The molecule has 0 saturated heterocycles. The van der Waals surface area contributed by atoms with E-state index in [9.17, 15) is 4.79 Å². The second kappa shape index (κ2) is 5.60. The number of allylic oxidation sites excluding steroid dienone is 3. The Labute approximate surface area is 83.5 Å². The number of methoxy groups -OCH3 is 1. The third-order valence-electron chi connectivity index (χ3n) is 1.28. The molecular formula is C10H13ClO2. The molecule has 3 heteroatoms. The Hall–Kier alpha value is -1.02. The standard InChI is InChI=1S/C10H13ClO2/c1-7(2)5-6-9(8(3)11)10(12)13-4/h5-6H,3H2,1-2,4H3. The average Bonchev–Trinajstić information content (AvgIpc) is 2.03. The van der Waals surface area contributed by atoms with Crippen LogP contribution >= 0.6 is 11.6 Å². The van der Waals surface area contributed by atoms with Gasteiger partial charge in [0.05, 0.1) is 12.7 Å². The van der Waals surface area contributed by atoms with Crippen molar-refractivity contribution in [1.82, 2.24) is 0 Å². The zero-order valence-corrected chi connectivity index (χ0v) is 8.81. The first kappa shape index (κ1) is 12.0. The summed E-state index contributed by atoms with van der Waals surface area (Å²) >= 11 is 5.61. The van der Waals surface area contributed by atoms with Crippen molar-refractivity contribution < 1.29 is 9.53 Å². The third kappa shape index (κ3) is 4.53. The SMILES string of the molecule is C=C(Cl)C(=CC=C(C)C)C(=O)OC. The van der Waals surface area contributed by atoms with Gasteiger partial charge in [0.2, 0.25) is 0 Å². The van der Waals surface area contributed by atoms with E-state index >= 15 is 0 Å². The Kier molecular flexibility index (Phi) is 5.16. The Bertz CT molecular complexity index is 271. The van der Waals surface area contributed by atoms with Gasteiger partial charge in [0.1, 0.15) is 0 Å². The molecule has 13 heavy (non-hydrogen) atoms. The van der Waals surface area contributed by atoms with Crippen molar-refractivity contribution in [3.63, 3.8) is 0 Å². The number of halogens is 1. The third-order valence-corrected chi connectivity index (χ3v) is 1.48. The van der Waals surface area contributed by atoms with Crippen molar-refractivity contribution in [3.8, 4) is 0 Å². The number of ether oxygens (including phenoxy) is 1. The molecule has 0 aromatic rings. The minimum Gasteiger partial charge on any atom is -0.465 e. The van der Waals surface area contributed by atoms with Gasteiger partial charge in [0.15, 0.2) is 0 Å². The molecule has 0 aliphatic rings. The Morgan fingerprint density at radius 3 is 2.23 bits per heavy atom. The summed E-state index contributed by atoms with van der Waals surface area (Å²) in [5.41, 5.74) is 1.35. The predicted octanol–water partition coefficient (Wildman–Crippen LogP) is 2.80. The maximum Gasteiger partial charge on any atom is 0.339 e. The number of esters is 1. The molecule has 0 unspecified atom stereocenters. The van der Waals surface area contributed by atoms with Crippen LogP contribution in [0.1, 0.15) is 13.8 Å². The van der Waals surface area contributed by atoms with Gasteiger partial charge in [-0.3, -0.25) is 0 Å². The van der Waals surface area contributed by atoms with Crippen LogP contribution in [0.2, 0.25) is 0 Å². The maximum absolute atomic E-state index is 11.1. The van der Waals surface area contributed by atoms with Crippen LogP contribution in [0.4, 0.5) is 0 Å². The lowest BCUT2D eigenvalue weighted by molar-refractivity contribution is -0.135. The first-order valence-electron chi connectivity index (χ1n) is 3.77. The van der Waals surface area contributed by atoms with Crippen LogP contribution in [0.5, 0.6) is 0 Å². The smallest absolute Gasteiger partial charge is 0.339 e. The highest BCUT2D eigenvalue weighted by Crippen LogP contribution is 2.14. The van der Waals surface area contributed by atoms with Crippen LogP contribution in [-0.2, 0) is 9.53 Å². The molecule has 0 N–H and O–H groups in total. The molecule has 0 spiro atoms. The zero-order valence-electron chi connectivity index (χ0n) is 8.06. The van der Waals surface area contributed by atoms with Crippen molar-refractivity contribution in [2.75, 3.05) is 7.11 Å². The fourth-order valence-corrected chi connectivity index (χ4v) is 0.769. The van der Waals surface area contributed by atoms with E-state index in [4.69, 9.17) is 11.6 Å². The monoisotopic (exact) mass is 200 g/mol. The van der Waals surface area contributed by atoms with Crippen molar-refractivity contribution in [2.45, 2.75) is 13.8 Å². The summed E-state index contributed by atoms with van der Waals surface area (Å²) in [5, 5.41) is 0.185. The van der Waals surface area contributed by atoms with Crippen molar-refractivity contribution in [2.24, 2.45) is 0 Å². The molecule has 0 aliphatic carbocycles. The molecule has 0 bridgehead atoms. The fraction of sp³-hybridized carbons (Fsp3) is 0.300. The lowest BCUT2D eigenvalue weighted by Crippen LogP contribution is -2.04. The molecule has 0 rings (SSSR count). The fourth-order valence-electron chi connectivity index (χ4n) is 0.629. The van der Waals surface area contributed by atoms with E-state index in [1.807, 2.05) is 13.8 Å². The number of carbonyl (C=O) groups is 1. The molecule has 0 aliphatic heterocycles. The largest absolute Gasteiger partial charge is 0.465 e. The topological polar surface area (TPSA) is 26.3 Å². The Morgan fingerprint density at radius 2 is 1.92 bits per heavy atom. The average molecular weight is 201 g/mol. The summed E-state index contributed by atoms with van der Waals surface area (Å²) in [6.45, 7) is 7.31. The van der Waals surface area contributed by atoms with Crippen LogP contribution < -0.4 is 0 Å². The second-order valence-electron chi connectivity index (χ2n) is 2.72. The molecule has 0 aromatic heterocycles. The van der Waals surface area contributed by atoms with E-state index in [0.29, 0.717) is 0 Å². The highest BCUT2D eigenvalue weighted by atomic mass is 35.5. The molecule has 0 atom stereocenters. The van der Waals surface area contributed by atoms with Crippen LogP contribution in [0, 0.1) is 0 Å². The molecular weight excluding hydrogens is 188 g/mol. The van der Waals surface area contributed by atoms with Gasteiger partial charge >= 0.3 is 5.97 Å². The summed E-state index contributed by atoms with van der Waals surface area (Å²) in [7, 11) is 1.30. The number of rotatable bonds is 3. The number of hydrogen-bond donors (Lipinski definition) is 0. The lowest BCUT2D eigenvalue weighted by atomic mass is 10.2. The van der Waals surface area contributed by atoms with E-state index in [1.54, 1.807) is 12.2 Å². The van der Waals surface area contributed by atoms with Crippen molar-refractivity contribution in [3.05, 3.63) is 34.9 Å². The van der Waals surface area contributed by atoms with E-state index in [0.717, 1.165) is 5.57 Å². The number of carbonyl (C=O) groups excluding carboxylic acids is 1. The van der Waals surface area contributed by atoms with Gasteiger partial charge in [-0.05, 0) is 19.9 Å². The van der Waals surface area contributed by atoms with Crippen LogP contribution in [-0.4, -0.2) is 13.1 Å². The van der Waals surface area contributed by atoms with Gasteiger partial charge < -0.3 is 4.74 Å². The molecule has 0 aromatic carbocycles. The summed E-state index contributed by atoms with van der Waals surface area (Å²) in [6.07, 6.45) is 3.37. The van der Waals surface area contributed by atoms with Gasteiger partial charge in [0, 0.05) is 5.03 Å². The Balaban J connectivity index is 4.82. The molecule has 0 radical (unpaired) electrons. The maximum atomic E-state index is 11.1. The second-order valence-corrected chi connectivity index (χ2v) is 3.18. The van der Waals surface area contributed by atoms with Crippen LogP contribution in [0.3, 0.4) is 0 Å². The minimum absolute atomic E-state index is 0.185. The molecule has 0 fully saturated rings. The molecule has 0 heterocycles. The van der Waals surface area contributed by atoms with E-state index in [2.05, 4.69) is 11.3 Å². The molecule has 72 valence electrons. The predicted molar refractivity (Wildman–Crippen MR) is 54.5 cm³/mol. The van der Waals surface area contributed by atoms with Gasteiger partial charge in [-0.15, -0.1) is 0 Å². The minimum atomic E-state index is -0.475. The van der Waals surface area contributed by atoms with E-state index in [-0.39, 0.29) is 10.6 Å². The van der Waals surface area contributed by atoms with Crippen molar-refractivity contribution in [1.29, 1.82) is 0 Å². The first-order chi connectivity index (χ1) is 5.99. The summed E-state index contributed by atoms with van der Waals surface area (Å²) < 4.78 is 4.52. The summed E-state index contributed by atoms with van der Waals surface area (Å²) in [4.78, 5) is 11.1.